The maximum Gasteiger partial charge on any atom is 0.490 e. The maximum atomic E-state index is 12.3. The van der Waals surface area contributed by atoms with Crippen LogP contribution in [0.3, 0.4) is 0 Å². The summed E-state index contributed by atoms with van der Waals surface area (Å²) >= 11 is 6.68. The number of aromatic nitrogens is 3. The Labute approximate surface area is 263 Å². The first-order valence-electron chi connectivity index (χ1n) is 13.6. The van der Waals surface area contributed by atoms with E-state index in [1.54, 1.807) is 6.20 Å². The number of nitrogen functional groups attached to an aromatic ring is 1. The Kier molecular flexibility index (Phi) is 12.8. The van der Waals surface area contributed by atoms with Gasteiger partial charge in [0.15, 0.2) is 5.43 Å². The third kappa shape index (κ3) is 9.69. The van der Waals surface area contributed by atoms with E-state index in [0.29, 0.717) is 42.6 Å². The molecule has 4 N–H and O–H groups in total. The number of carbonyl (C=O) groups is 2. The van der Waals surface area contributed by atoms with E-state index in [2.05, 4.69) is 35.6 Å². The lowest BCUT2D eigenvalue weighted by Crippen LogP contribution is -2.48. The molecule has 0 saturated carbocycles. The van der Waals surface area contributed by atoms with Gasteiger partial charge in [0.1, 0.15) is 28.9 Å². The highest BCUT2D eigenvalue weighted by Crippen LogP contribution is 2.42. The molecule has 1 fully saturated rings. The molecule has 254 valence electrons. The fraction of sp³-hybridized carbons (Fsp3) is 0.464. The van der Waals surface area contributed by atoms with Gasteiger partial charge in [0.25, 0.3) is 0 Å². The van der Waals surface area contributed by atoms with Crippen LogP contribution >= 0.6 is 11.6 Å². The number of ether oxygens (including phenoxy) is 1. The van der Waals surface area contributed by atoms with Gasteiger partial charge in [-0.05, 0) is 51.3 Å². The molecule has 11 nitrogen and oxygen atoms in total. The van der Waals surface area contributed by atoms with Gasteiger partial charge in [-0.3, -0.25) is 9.69 Å². The van der Waals surface area contributed by atoms with Gasteiger partial charge in [0.2, 0.25) is 0 Å². The molecule has 1 aliphatic heterocycles. The summed E-state index contributed by atoms with van der Waals surface area (Å²) in [5.41, 5.74) is 9.68. The second-order valence-electron chi connectivity index (χ2n) is 10.2. The quantitative estimate of drug-likeness (QED) is 0.288. The second kappa shape index (κ2) is 15.4. The Bertz CT molecular complexity index is 1580. The van der Waals surface area contributed by atoms with Crippen molar-refractivity contribution in [2.75, 3.05) is 25.4 Å². The number of hydrogen-bond donors (Lipinski definition) is 3. The van der Waals surface area contributed by atoms with Gasteiger partial charge in [-0.25, -0.2) is 19.6 Å². The predicted molar refractivity (Wildman–Crippen MR) is 156 cm³/mol. The fourth-order valence-corrected chi connectivity index (χ4v) is 4.72. The third-order valence-electron chi connectivity index (χ3n) is 6.82. The Morgan fingerprint density at radius 1 is 1.11 bits per heavy atom. The first kappa shape index (κ1) is 38.1. The lowest BCUT2D eigenvalue weighted by molar-refractivity contribution is -0.193. The van der Waals surface area contributed by atoms with Crippen LogP contribution in [0.1, 0.15) is 43.4 Å². The highest BCUT2D eigenvalue weighted by molar-refractivity contribution is 6.31. The number of likely N-dealkylation sites (tertiary alicyclic amines) is 1. The maximum absolute atomic E-state index is 12.3. The summed E-state index contributed by atoms with van der Waals surface area (Å²) in [5.74, 6) is -3.95. The monoisotopic (exact) mass is 683 g/mol. The minimum absolute atomic E-state index is 0.176. The number of carboxylic acids is 2. The van der Waals surface area contributed by atoms with Gasteiger partial charge in [-0.15, -0.1) is 0 Å². The van der Waals surface area contributed by atoms with Crippen molar-refractivity contribution < 1.29 is 50.9 Å². The highest BCUT2D eigenvalue weighted by atomic mass is 35.5. The van der Waals surface area contributed by atoms with Crippen molar-refractivity contribution in [1.82, 2.24) is 19.4 Å². The van der Waals surface area contributed by atoms with Crippen LogP contribution < -0.4 is 15.9 Å². The van der Waals surface area contributed by atoms with Crippen LogP contribution in [0.2, 0.25) is 5.02 Å². The summed E-state index contributed by atoms with van der Waals surface area (Å²) in [4.78, 5) is 40.8. The Morgan fingerprint density at radius 3 is 2.13 bits per heavy atom. The van der Waals surface area contributed by atoms with Crippen molar-refractivity contribution in [1.29, 1.82) is 0 Å². The van der Waals surface area contributed by atoms with Gasteiger partial charge in [0, 0.05) is 54.4 Å². The molecule has 1 saturated heterocycles. The third-order valence-corrected chi connectivity index (χ3v) is 7.22. The SMILES string of the molecule is CCOc1c(CCn2ccc(=O)c3c(N)ncnc32)cc(Cl)c(C)c1C1CN(C(C)C)C1.O=C(O)C(F)(F)F.O=C(O)C(F)(F)F. The minimum Gasteiger partial charge on any atom is -0.493 e. The number of anilines is 1. The Balaban J connectivity index is 0.000000440. The summed E-state index contributed by atoms with van der Waals surface area (Å²) in [5, 5.41) is 15.4. The zero-order valence-corrected chi connectivity index (χ0v) is 25.8. The largest absolute Gasteiger partial charge is 0.493 e. The van der Waals surface area contributed by atoms with E-state index < -0.39 is 24.3 Å². The number of pyridine rings is 1. The molecule has 3 heterocycles. The zero-order valence-electron chi connectivity index (χ0n) is 25.0. The van der Waals surface area contributed by atoms with Crippen LogP contribution in [-0.2, 0) is 22.6 Å². The number of aliphatic carboxylic acids is 2. The summed E-state index contributed by atoms with van der Waals surface area (Å²) < 4.78 is 71.6. The number of hydrogen-bond acceptors (Lipinski definition) is 8. The minimum atomic E-state index is -5.08. The molecule has 2 aromatic heterocycles. The predicted octanol–water partition coefficient (Wildman–Crippen LogP) is 5.05. The van der Waals surface area contributed by atoms with Crippen LogP contribution in [-0.4, -0.2) is 79.7 Å². The normalized spacial score (nSPS) is 13.7. The summed E-state index contributed by atoms with van der Waals surface area (Å²) in [6.45, 7) is 11.8. The molecule has 0 unspecified atom stereocenters. The highest BCUT2D eigenvalue weighted by Gasteiger charge is 2.39. The van der Waals surface area contributed by atoms with Crippen LogP contribution in [0.15, 0.2) is 29.5 Å². The number of rotatable bonds is 7. The number of fused-ring (bicyclic) bond motifs is 1. The molecule has 46 heavy (non-hydrogen) atoms. The van der Waals surface area contributed by atoms with E-state index in [9.17, 15) is 31.1 Å². The second-order valence-corrected chi connectivity index (χ2v) is 10.7. The lowest BCUT2D eigenvalue weighted by atomic mass is 9.85. The molecular formula is C28H32ClF6N5O6. The van der Waals surface area contributed by atoms with Crippen molar-refractivity contribution in [2.24, 2.45) is 0 Å². The average molecular weight is 684 g/mol. The Morgan fingerprint density at radius 2 is 1.65 bits per heavy atom. The molecule has 0 spiro atoms. The standard InChI is InChI=1S/C24H30ClN5O2.2C2HF3O2/c1-5-32-22-16(10-18(25)15(4)20(22)17-11-30(12-17)14(2)3)6-8-29-9-7-19(31)21-23(26)27-13-28-24(21)29;2*3-2(4,5)1(6)7/h7,9-10,13-14,17H,5-6,8,11-12H2,1-4H3,(H2,26,27,28);2*(H,6,7). The molecule has 4 rings (SSSR count). The van der Waals surface area contributed by atoms with Gasteiger partial charge in [0.05, 0.1) is 6.61 Å². The number of halogens is 7. The van der Waals surface area contributed by atoms with Crippen LogP contribution in [0.5, 0.6) is 5.75 Å². The summed E-state index contributed by atoms with van der Waals surface area (Å²) in [7, 11) is 0. The van der Waals surface area contributed by atoms with Gasteiger partial charge < -0.3 is 25.3 Å². The number of alkyl halides is 6. The van der Waals surface area contributed by atoms with Crippen LogP contribution in [0.25, 0.3) is 11.0 Å². The van der Waals surface area contributed by atoms with E-state index in [-0.39, 0.29) is 11.2 Å². The van der Waals surface area contributed by atoms with E-state index in [1.807, 2.05) is 17.6 Å². The van der Waals surface area contributed by atoms with Crippen molar-refractivity contribution >= 4 is 40.4 Å². The molecule has 0 bridgehead atoms. The van der Waals surface area contributed by atoms with Crippen molar-refractivity contribution in [2.45, 2.75) is 65.0 Å². The molecular weight excluding hydrogens is 652 g/mol. The molecule has 0 aliphatic carbocycles. The summed E-state index contributed by atoms with van der Waals surface area (Å²) in [6, 6.07) is 4.05. The molecule has 3 aromatic rings. The van der Waals surface area contributed by atoms with Crippen molar-refractivity contribution in [3.8, 4) is 5.75 Å². The smallest absolute Gasteiger partial charge is 0.490 e. The molecule has 1 aliphatic rings. The van der Waals surface area contributed by atoms with Gasteiger partial charge >= 0.3 is 24.3 Å². The van der Waals surface area contributed by atoms with E-state index in [1.165, 1.54) is 18.0 Å². The fourth-order valence-electron chi connectivity index (χ4n) is 4.48. The van der Waals surface area contributed by atoms with Crippen LogP contribution in [0, 0.1) is 6.92 Å². The first-order chi connectivity index (χ1) is 21.2. The average Bonchev–Trinajstić information content (AvgIpc) is 2.91. The molecule has 0 atom stereocenters. The molecule has 0 radical (unpaired) electrons. The number of carboxylic acid groups (broad SMARTS) is 2. The van der Waals surface area contributed by atoms with E-state index in [0.717, 1.165) is 35.0 Å². The number of aryl methyl sites for hydroxylation is 2. The zero-order chi connectivity index (χ0) is 35.1. The lowest BCUT2D eigenvalue weighted by Gasteiger charge is -2.43. The van der Waals surface area contributed by atoms with Crippen LogP contribution in [0.4, 0.5) is 32.2 Å². The number of nitrogens with zero attached hydrogens (tertiary/aromatic N) is 4. The first-order valence-corrected chi connectivity index (χ1v) is 14.0. The van der Waals surface area contributed by atoms with E-state index in [4.69, 9.17) is 41.9 Å². The Hall–Kier alpha value is -4.12. The van der Waals surface area contributed by atoms with Gasteiger partial charge in [-0.2, -0.15) is 26.3 Å². The number of nitrogens with two attached hydrogens (primary N) is 1. The molecule has 0 amide bonds. The molecule has 18 heteroatoms. The van der Waals surface area contributed by atoms with Gasteiger partial charge in [-0.1, -0.05) is 11.6 Å². The number of benzene rings is 1. The van der Waals surface area contributed by atoms with Crippen molar-refractivity contribution in [3.63, 3.8) is 0 Å². The molecule has 1 aromatic carbocycles. The van der Waals surface area contributed by atoms with E-state index >= 15 is 0 Å². The topological polar surface area (TPSA) is 161 Å². The van der Waals surface area contributed by atoms with Crippen molar-refractivity contribution in [3.05, 3.63) is 56.6 Å². The summed E-state index contributed by atoms with van der Waals surface area (Å²) in [6.07, 6.45) is -6.34.